The van der Waals surface area contributed by atoms with Crippen molar-refractivity contribution in [1.29, 1.82) is 0 Å². The molecule has 0 radical (unpaired) electrons. The number of hydrogen-bond donors (Lipinski definition) is 1. The van der Waals surface area contributed by atoms with E-state index in [1.165, 1.54) is 7.11 Å². The predicted molar refractivity (Wildman–Crippen MR) is 102 cm³/mol. The van der Waals surface area contributed by atoms with Crippen molar-refractivity contribution in [3.05, 3.63) is 35.9 Å². The summed E-state index contributed by atoms with van der Waals surface area (Å²) in [5.41, 5.74) is 0.861. The topological polar surface area (TPSA) is 73.9 Å². The molecule has 4 atom stereocenters. The Labute approximate surface area is 161 Å². The zero-order valence-electron chi connectivity index (χ0n) is 16.6. The molecule has 1 aliphatic rings. The molecular weight excluding hydrogens is 346 g/mol. The molecule has 150 valence electrons. The van der Waals surface area contributed by atoms with Gasteiger partial charge in [-0.3, -0.25) is 5.32 Å². The molecule has 4 unspecified atom stereocenters. The van der Waals surface area contributed by atoms with Gasteiger partial charge in [-0.2, -0.15) is 0 Å². The highest BCUT2D eigenvalue weighted by molar-refractivity contribution is 5.80. The van der Waals surface area contributed by atoms with Crippen LogP contribution < -0.4 is 5.32 Å². The number of ether oxygens (including phenoxy) is 3. The zero-order chi connectivity index (χ0) is 19.8. The van der Waals surface area contributed by atoms with Gasteiger partial charge in [-0.15, -0.1) is 0 Å². The zero-order valence-corrected chi connectivity index (χ0v) is 16.6. The number of amides is 1. The van der Waals surface area contributed by atoms with Gasteiger partial charge < -0.3 is 14.2 Å². The normalized spacial score (nSPS) is 23.5. The van der Waals surface area contributed by atoms with Crippen molar-refractivity contribution in [3.8, 4) is 0 Å². The van der Waals surface area contributed by atoms with Gasteiger partial charge in [0.25, 0.3) is 0 Å². The van der Waals surface area contributed by atoms with Gasteiger partial charge in [0.15, 0.2) is 0 Å². The molecule has 1 N–H and O–H groups in total. The second-order valence-corrected chi connectivity index (χ2v) is 7.62. The minimum absolute atomic E-state index is 0.119. The van der Waals surface area contributed by atoms with E-state index >= 15 is 0 Å². The third-order valence-electron chi connectivity index (χ3n) is 5.14. The summed E-state index contributed by atoms with van der Waals surface area (Å²) in [6, 6.07) is 9.32. The van der Waals surface area contributed by atoms with Crippen LogP contribution in [0.2, 0.25) is 0 Å². The van der Waals surface area contributed by atoms with Gasteiger partial charge in [0, 0.05) is 7.11 Å². The first kappa shape index (κ1) is 21.2. The summed E-state index contributed by atoms with van der Waals surface area (Å²) in [5.74, 6) is 0.689. The Bertz CT molecular complexity index is 604. The molecule has 1 fully saturated rings. The van der Waals surface area contributed by atoms with Gasteiger partial charge >= 0.3 is 12.1 Å². The van der Waals surface area contributed by atoms with Crippen molar-refractivity contribution < 1.29 is 23.8 Å². The number of carbonyl (C=O) groups excluding carboxylic acids is 2. The molecule has 0 saturated heterocycles. The maximum Gasteiger partial charge on any atom is 0.409 e. The van der Waals surface area contributed by atoms with Crippen molar-refractivity contribution in [1.82, 2.24) is 5.32 Å². The fourth-order valence-electron chi connectivity index (χ4n) is 3.55. The van der Waals surface area contributed by atoms with E-state index < -0.39 is 18.3 Å². The van der Waals surface area contributed by atoms with E-state index in [2.05, 4.69) is 26.1 Å². The van der Waals surface area contributed by atoms with E-state index in [0.29, 0.717) is 17.8 Å². The standard InChI is InChI=1S/C21H31NO5/c1-14(2)17-11-10-15(3)12-18(17)27-20(23)19(25-4)22-21(24)26-13-16-8-6-5-7-9-16/h5-9,14-15,17-19H,10-13H2,1-4H3,(H,22,24). The number of alkyl carbamates (subject to hydrolysis) is 1. The monoisotopic (exact) mass is 377 g/mol. The molecule has 1 saturated carbocycles. The Hall–Kier alpha value is -2.08. The molecule has 1 aliphatic carbocycles. The number of hydrogen-bond acceptors (Lipinski definition) is 5. The molecule has 6 heteroatoms. The average Bonchev–Trinajstić information content (AvgIpc) is 2.65. The van der Waals surface area contributed by atoms with Gasteiger partial charge in [0.1, 0.15) is 12.7 Å². The first-order valence-corrected chi connectivity index (χ1v) is 9.61. The minimum atomic E-state index is -1.18. The van der Waals surface area contributed by atoms with Crippen LogP contribution in [0.4, 0.5) is 4.79 Å². The molecule has 2 rings (SSSR count). The minimum Gasteiger partial charge on any atom is -0.459 e. The third kappa shape index (κ3) is 6.54. The molecule has 0 spiro atoms. The lowest BCUT2D eigenvalue weighted by Gasteiger charge is -2.37. The highest BCUT2D eigenvalue weighted by Gasteiger charge is 2.35. The predicted octanol–water partition coefficient (Wildman–Crippen LogP) is 3.89. The summed E-state index contributed by atoms with van der Waals surface area (Å²) in [5, 5.41) is 2.42. The molecular formula is C21H31NO5. The van der Waals surface area contributed by atoms with Gasteiger partial charge in [-0.05, 0) is 36.2 Å². The molecule has 1 amide bonds. The van der Waals surface area contributed by atoms with E-state index in [0.717, 1.165) is 24.8 Å². The Balaban J connectivity index is 1.87. The van der Waals surface area contributed by atoms with Crippen LogP contribution in [0.25, 0.3) is 0 Å². The summed E-state index contributed by atoms with van der Waals surface area (Å²) >= 11 is 0. The number of carbonyl (C=O) groups is 2. The summed E-state index contributed by atoms with van der Waals surface area (Å²) < 4.78 is 16.0. The molecule has 6 nitrogen and oxygen atoms in total. The molecule has 0 aliphatic heterocycles. The van der Waals surface area contributed by atoms with Crippen molar-refractivity contribution in [2.45, 2.75) is 59.0 Å². The van der Waals surface area contributed by atoms with E-state index in [9.17, 15) is 9.59 Å². The molecule has 1 aromatic rings. The quantitative estimate of drug-likeness (QED) is 0.576. The SMILES string of the molecule is COC(NC(=O)OCc1ccccc1)C(=O)OC1CC(C)CCC1C(C)C. The second-order valence-electron chi connectivity index (χ2n) is 7.62. The lowest BCUT2D eigenvalue weighted by Crippen LogP contribution is -2.46. The molecule has 0 heterocycles. The van der Waals surface area contributed by atoms with E-state index in [4.69, 9.17) is 14.2 Å². The van der Waals surface area contributed by atoms with E-state index in [1.807, 2.05) is 30.3 Å². The van der Waals surface area contributed by atoms with Crippen molar-refractivity contribution >= 4 is 12.1 Å². The first-order valence-electron chi connectivity index (χ1n) is 9.61. The van der Waals surface area contributed by atoms with Gasteiger partial charge in [-0.25, -0.2) is 9.59 Å². The fourth-order valence-corrected chi connectivity index (χ4v) is 3.55. The lowest BCUT2D eigenvalue weighted by molar-refractivity contribution is -0.169. The Morgan fingerprint density at radius 2 is 1.89 bits per heavy atom. The van der Waals surface area contributed by atoms with Crippen molar-refractivity contribution in [2.75, 3.05) is 7.11 Å². The Morgan fingerprint density at radius 1 is 1.19 bits per heavy atom. The Morgan fingerprint density at radius 3 is 2.52 bits per heavy atom. The molecule has 1 aromatic carbocycles. The number of benzene rings is 1. The number of rotatable bonds is 7. The fraction of sp³-hybridized carbons (Fsp3) is 0.619. The first-order chi connectivity index (χ1) is 12.9. The molecule has 0 bridgehead atoms. The van der Waals surface area contributed by atoms with Crippen LogP contribution in [-0.2, 0) is 25.6 Å². The highest BCUT2D eigenvalue weighted by atomic mass is 16.6. The second kappa shape index (κ2) is 10.3. The van der Waals surface area contributed by atoms with Crippen LogP contribution in [0.3, 0.4) is 0 Å². The summed E-state index contributed by atoms with van der Waals surface area (Å²) in [4.78, 5) is 24.5. The van der Waals surface area contributed by atoms with Crippen molar-refractivity contribution in [3.63, 3.8) is 0 Å². The summed E-state index contributed by atoms with van der Waals surface area (Å²) in [6.07, 6.45) is 0.971. The Kier molecular flexibility index (Phi) is 8.10. The van der Waals surface area contributed by atoms with Crippen LogP contribution in [0.5, 0.6) is 0 Å². The van der Waals surface area contributed by atoms with E-state index in [1.54, 1.807) is 0 Å². The summed E-state index contributed by atoms with van der Waals surface area (Å²) in [6.45, 7) is 6.58. The number of nitrogens with one attached hydrogen (secondary N) is 1. The van der Waals surface area contributed by atoms with Crippen LogP contribution in [0, 0.1) is 17.8 Å². The highest BCUT2D eigenvalue weighted by Crippen LogP contribution is 2.35. The maximum atomic E-state index is 12.5. The average molecular weight is 377 g/mol. The largest absolute Gasteiger partial charge is 0.459 e. The van der Waals surface area contributed by atoms with Gasteiger partial charge in [0.2, 0.25) is 6.23 Å². The number of esters is 1. The van der Waals surface area contributed by atoms with Crippen LogP contribution >= 0.6 is 0 Å². The van der Waals surface area contributed by atoms with Crippen LogP contribution in [-0.4, -0.2) is 31.5 Å². The smallest absolute Gasteiger partial charge is 0.409 e. The lowest BCUT2D eigenvalue weighted by atomic mass is 9.75. The van der Waals surface area contributed by atoms with Crippen LogP contribution in [0.15, 0.2) is 30.3 Å². The third-order valence-corrected chi connectivity index (χ3v) is 5.14. The van der Waals surface area contributed by atoms with Gasteiger partial charge in [-0.1, -0.05) is 57.5 Å². The van der Waals surface area contributed by atoms with E-state index in [-0.39, 0.29) is 12.7 Å². The summed E-state index contributed by atoms with van der Waals surface area (Å²) in [7, 11) is 1.35. The number of methoxy groups -OCH3 is 1. The van der Waals surface area contributed by atoms with Gasteiger partial charge in [0.05, 0.1) is 0 Å². The molecule has 27 heavy (non-hydrogen) atoms. The molecule has 0 aromatic heterocycles. The van der Waals surface area contributed by atoms with Crippen LogP contribution in [0.1, 0.15) is 45.6 Å². The maximum absolute atomic E-state index is 12.5. The van der Waals surface area contributed by atoms with Crippen molar-refractivity contribution in [2.24, 2.45) is 17.8 Å².